The Morgan fingerprint density at radius 3 is 2.10 bits per heavy atom. The van der Waals surface area contributed by atoms with Crippen molar-refractivity contribution in [1.29, 1.82) is 0 Å². The van der Waals surface area contributed by atoms with Crippen molar-refractivity contribution >= 4 is 11.6 Å². The molecule has 0 aromatic carbocycles. The third-order valence-electron chi connectivity index (χ3n) is 4.07. The van der Waals surface area contributed by atoms with Crippen LogP contribution in [0, 0.1) is 11.3 Å². The van der Waals surface area contributed by atoms with Crippen molar-refractivity contribution in [2.45, 2.75) is 85.7 Å². The Labute approximate surface area is 124 Å². The fraction of sp³-hybridized carbons (Fsp3) is 0.882. The summed E-state index contributed by atoms with van der Waals surface area (Å²) in [5.41, 5.74) is -0.377. The highest BCUT2D eigenvalue weighted by molar-refractivity contribution is 5.84. The number of Topliss-reactive ketones (excluding diaryl/α,β-unsaturated/α-hetero) is 2. The smallest absolute Gasteiger partial charge is 0.161 e. The van der Waals surface area contributed by atoms with Crippen molar-refractivity contribution in [3.05, 3.63) is 0 Å². The molecule has 0 saturated carbocycles. The summed E-state index contributed by atoms with van der Waals surface area (Å²) >= 11 is 0. The van der Waals surface area contributed by atoms with E-state index in [9.17, 15) is 14.7 Å². The Morgan fingerprint density at radius 2 is 1.60 bits per heavy atom. The van der Waals surface area contributed by atoms with Crippen LogP contribution in [0.15, 0.2) is 0 Å². The summed E-state index contributed by atoms with van der Waals surface area (Å²) in [7, 11) is 0. The molecule has 118 valence electrons. The maximum atomic E-state index is 11.9. The first-order chi connectivity index (χ1) is 9.20. The Morgan fingerprint density at radius 1 is 1.05 bits per heavy atom. The number of rotatable bonds is 11. The maximum Gasteiger partial charge on any atom is 0.161 e. The van der Waals surface area contributed by atoms with Crippen LogP contribution in [0.5, 0.6) is 0 Å². The van der Waals surface area contributed by atoms with Gasteiger partial charge in [0.1, 0.15) is 11.9 Å². The zero-order valence-corrected chi connectivity index (χ0v) is 13.9. The van der Waals surface area contributed by atoms with Gasteiger partial charge in [0.25, 0.3) is 0 Å². The third-order valence-corrected chi connectivity index (χ3v) is 4.07. The molecule has 0 aliphatic heterocycles. The fourth-order valence-electron chi connectivity index (χ4n) is 2.06. The molecule has 0 aromatic rings. The molecule has 0 spiro atoms. The maximum absolute atomic E-state index is 11.9. The van der Waals surface area contributed by atoms with Gasteiger partial charge in [0.05, 0.1) is 0 Å². The highest BCUT2D eigenvalue weighted by Crippen LogP contribution is 2.26. The van der Waals surface area contributed by atoms with E-state index in [1.165, 1.54) is 0 Å². The van der Waals surface area contributed by atoms with Gasteiger partial charge in [0.15, 0.2) is 5.78 Å². The van der Waals surface area contributed by atoms with Gasteiger partial charge in [-0.3, -0.25) is 9.59 Å². The molecule has 0 amide bonds. The summed E-state index contributed by atoms with van der Waals surface area (Å²) in [6.45, 7) is 10.1. The van der Waals surface area contributed by atoms with Gasteiger partial charge in [-0.15, -0.1) is 0 Å². The zero-order chi connectivity index (χ0) is 15.8. The van der Waals surface area contributed by atoms with Crippen LogP contribution in [-0.4, -0.2) is 22.8 Å². The van der Waals surface area contributed by atoms with Crippen molar-refractivity contribution < 1.29 is 14.7 Å². The van der Waals surface area contributed by atoms with Gasteiger partial charge in [0, 0.05) is 19.3 Å². The molecule has 3 heteroatoms. The van der Waals surface area contributed by atoms with Gasteiger partial charge in [-0.05, 0) is 30.6 Å². The average molecular weight is 284 g/mol. The normalized spacial score (nSPS) is 13.6. The number of aliphatic hydroxyl groups excluding tert-OH is 1. The average Bonchev–Trinajstić information content (AvgIpc) is 2.37. The lowest BCUT2D eigenvalue weighted by molar-refractivity contribution is -0.133. The molecule has 1 N–H and O–H groups in total. The molecule has 0 aliphatic rings. The van der Waals surface area contributed by atoms with Crippen LogP contribution >= 0.6 is 0 Å². The Kier molecular flexibility index (Phi) is 8.95. The van der Waals surface area contributed by atoms with Gasteiger partial charge < -0.3 is 5.11 Å². The molecule has 0 bridgehead atoms. The Hall–Kier alpha value is -0.700. The quantitative estimate of drug-likeness (QED) is 0.625. The molecule has 0 unspecified atom stereocenters. The zero-order valence-electron chi connectivity index (χ0n) is 13.9. The lowest BCUT2D eigenvalue weighted by Crippen LogP contribution is -2.36. The molecule has 1 atom stereocenters. The molecular formula is C17H32O3. The van der Waals surface area contributed by atoms with Crippen LogP contribution in [0.2, 0.25) is 0 Å². The van der Waals surface area contributed by atoms with E-state index >= 15 is 0 Å². The van der Waals surface area contributed by atoms with Gasteiger partial charge in [-0.1, -0.05) is 41.0 Å². The Bertz CT molecular complexity index is 305. The minimum atomic E-state index is -0.913. The number of hydrogen-bond donors (Lipinski definition) is 1. The first-order valence-electron chi connectivity index (χ1n) is 7.93. The molecule has 20 heavy (non-hydrogen) atoms. The molecule has 0 rings (SSSR count). The number of carbonyl (C=O) groups excluding carboxylic acids is 2. The van der Waals surface area contributed by atoms with Gasteiger partial charge in [-0.2, -0.15) is 0 Å². The van der Waals surface area contributed by atoms with E-state index in [-0.39, 0.29) is 17.0 Å². The van der Waals surface area contributed by atoms with Crippen molar-refractivity contribution in [3.8, 4) is 0 Å². The predicted octanol–water partition coefficient (Wildman–Crippen LogP) is 3.92. The topological polar surface area (TPSA) is 54.4 Å². The summed E-state index contributed by atoms with van der Waals surface area (Å²) < 4.78 is 0. The molecule has 0 aromatic heterocycles. The monoisotopic (exact) mass is 284 g/mol. The lowest BCUT2D eigenvalue weighted by atomic mass is 9.81. The van der Waals surface area contributed by atoms with Crippen molar-refractivity contribution in [3.63, 3.8) is 0 Å². The highest BCUT2D eigenvalue weighted by atomic mass is 16.3. The molecular weight excluding hydrogens is 252 g/mol. The summed E-state index contributed by atoms with van der Waals surface area (Å²) in [5, 5.41) is 9.98. The molecule has 0 aliphatic carbocycles. The van der Waals surface area contributed by atoms with Gasteiger partial charge >= 0.3 is 0 Å². The second-order valence-corrected chi connectivity index (χ2v) is 6.89. The Balaban J connectivity index is 3.89. The standard InChI is InChI=1S/C17H32O3/c1-6-17(4,5)16(20)15(19)12-8-11-14(18)10-7-9-13(2)3/h13,16,20H,6-12H2,1-5H3/t16-/m1/s1. The second kappa shape index (κ2) is 9.28. The summed E-state index contributed by atoms with van der Waals surface area (Å²) in [6.07, 6.45) is 3.82. The lowest BCUT2D eigenvalue weighted by Gasteiger charge is -2.28. The van der Waals surface area contributed by atoms with Crippen LogP contribution in [0.3, 0.4) is 0 Å². The minimum Gasteiger partial charge on any atom is -0.385 e. The SMILES string of the molecule is CCC(C)(C)[C@H](O)C(=O)CCCC(=O)CCCC(C)C. The number of carbonyl (C=O) groups is 2. The number of aliphatic hydroxyl groups is 1. The van der Waals surface area contributed by atoms with Crippen LogP contribution < -0.4 is 0 Å². The first-order valence-corrected chi connectivity index (χ1v) is 7.93. The van der Waals surface area contributed by atoms with Crippen LogP contribution in [-0.2, 0) is 9.59 Å². The van der Waals surface area contributed by atoms with Crippen LogP contribution in [0.1, 0.15) is 79.6 Å². The van der Waals surface area contributed by atoms with E-state index in [2.05, 4.69) is 13.8 Å². The van der Waals surface area contributed by atoms with E-state index in [1.807, 2.05) is 20.8 Å². The highest BCUT2D eigenvalue weighted by Gasteiger charge is 2.31. The van der Waals surface area contributed by atoms with E-state index in [4.69, 9.17) is 0 Å². The summed E-state index contributed by atoms with van der Waals surface area (Å²) in [4.78, 5) is 23.5. The van der Waals surface area contributed by atoms with Gasteiger partial charge in [-0.25, -0.2) is 0 Å². The van der Waals surface area contributed by atoms with E-state index in [0.29, 0.717) is 31.6 Å². The molecule has 0 saturated heterocycles. The largest absolute Gasteiger partial charge is 0.385 e. The molecule has 3 nitrogen and oxygen atoms in total. The van der Waals surface area contributed by atoms with E-state index in [1.54, 1.807) is 0 Å². The number of hydrogen-bond acceptors (Lipinski definition) is 3. The van der Waals surface area contributed by atoms with Crippen molar-refractivity contribution in [2.24, 2.45) is 11.3 Å². The summed E-state index contributed by atoms with van der Waals surface area (Å²) in [6, 6.07) is 0. The van der Waals surface area contributed by atoms with Crippen LogP contribution in [0.25, 0.3) is 0 Å². The molecule has 0 heterocycles. The second-order valence-electron chi connectivity index (χ2n) is 6.89. The van der Waals surface area contributed by atoms with E-state index < -0.39 is 6.10 Å². The fourth-order valence-corrected chi connectivity index (χ4v) is 2.06. The minimum absolute atomic E-state index is 0.133. The van der Waals surface area contributed by atoms with Gasteiger partial charge in [0.2, 0.25) is 0 Å². The van der Waals surface area contributed by atoms with Crippen molar-refractivity contribution in [1.82, 2.24) is 0 Å². The third kappa shape index (κ3) is 7.78. The molecule has 0 radical (unpaired) electrons. The number of ketones is 2. The van der Waals surface area contributed by atoms with Crippen molar-refractivity contribution in [2.75, 3.05) is 0 Å². The first kappa shape index (κ1) is 19.3. The summed E-state index contributed by atoms with van der Waals surface area (Å²) in [5.74, 6) is 0.741. The predicted molar refractivity (Wildman–Crippen MR) is 82.6 cm³/mol. The molecule has 0 fully saturated rings. The van der Waals surface area contributed by atoms with E-state index in [0.717, 1.165) is 19.3 Å². The van der Waals surface area contributed by atoms with Crippen LogP contribution in [0.4, 0.5) is 0 Å².